The number of rotatable bonds is 5. The molecular weight excluding hydrogens is 360 g/mol. The maximum atomic E-state index is 12.9. The number of carbonyl (C=O) groups is 1. The van der Waals surface area contributed by atoms with E-state index >= 15 is 0 Å². The number of methoxy groups -OCH3 is 1. The number of fused-ring (bicyclic) bond motifs is 1. The Hall–Kier alpha value is -3.10. The predicted molar refractivity (Wildman–Crippen MR) is 106 cm³/mol. The summed E-state index contributed by atoms with van der Waals surface area (Å²) in [7, 11) is 3.18. The van der Waals surface area contributed by atoms with E-state index in [0.29, 0.717) is 28.2 Å². The van der Waals surface area contributed by atoms with Gasteiger partial charge < -0.3 is 19.7 Å². The van der Waals surface area contributed by atoms with Crippen LogP contribution >= 0.6 is 0 Å². The lowest BCUT2D eigenvalue weighted by molar-refractivity contribution is -0.114. The van der Waals surface area contributed by atoms with Gasteiger partial charge in [-0.05, 0) is 24.6 Å². The Morgan fingerprint density at radius 2 is 2.00 bits per heavy atom. The highest BCUT2D eigenvalue weighted by atomic mass is 16.5. The van der Waals surface area contributed by atoms with Crippen LogP contribution in [-0.2, 0) is 16.6 Å². The Morgan fingerprint density at radius 3 is 2.64 bits per heavy atom. The Balaban J connectivity index is 2.10. The number of amides is 1. The molecule has 146 valence electrons. The number of nitrogens with zero attached hydrogens (tertiary/aromatic N) is 3. The van der Waals surface area contributed by atoms with Crippen molar-refractivity contribution in [1.29, 1.82) is 0 Å². The Morgan fingerprint density at radius 1 is 1.25 bits per heavy atom. The maximum absolute atomic E-state index is 12.9. The van der Waals surface area contributed by atoms with Crippen LogP contribution in [0.1, 0.15) is 24.3 Å². The van der Waals surface area contributed by atoms with Gasteiger partial charge in [0.2, 0.25) is 5.91 Å². The first-order valence-corrected chi connectivity index (χ1v) is 8.73. The Labute approximate surface area is 161 Å². The van der Waals surface area contributed by atoms with Crippen molar-refractivity contribution in [2.24, 2.45) is 7.05 Å². The lowest BCUT2D eigenvalue weighted by Crippen LogP contribution is -2.20. The zero-order chi connectivity index (χ0) is 20.4. The number of carbonyl (C=O) groups excluding carboxylic acids is 1. The Bertz CT molecular complexity index is 1110. The highest BCUT2D eigenvalue weighted by Gasteiger charge is 2.15. The summed E-state index contributed by atoms with van der Waals surface area (Å²) in [6.45, 7) is 3.41. The fraction of sp³-hybridized carbons (Fsp3) is 0.300. The van der Waals surface area contributed by atoms with Crippen molar-refractivity contribution in [2.75, 3.05) is 19.0 Å². The smallest absolute Gasteiger partial charge is 0.258 e. The van der Waals surface area contributed by atoms with Crippen molar-refractivity contribution in [3.05, 3.63) is 52.2 Å². The van der Waals surface area contributed by atoms with Gasteiger partial charge in [0, 0.05) is 56.1 Å². The molecule has 0 spiro atoms. The highest BCUT2D eigenvalue weighted by Crippen LogP contribution is 2.25. The molecule has 0 saturated heterocycles. The standard InChI is InChI=1S/C20H22N4O4/c1-11-5-16(18(26)10-28-4)21-9-15(11)14-6-13-8-22-19(23-12(2)25)7-17(13)24(3)20(14)27/h5-9,18,26H,10H2,1-4H3,(H,22,23,25)/t18-/m0/s1. The molecule has 8 heteroatoms. The average Bonchev–Trinajstić information content (AvgIpc) is 2.65. The van der Waals surface area contributed by atoms with Crippen molar-refractivity contribution >= 4 is 22.6 Å². The van der Waals surface area contributed by atoms with Crippen LogP contribution in [0.4, 0.5) is 5.82 Å². The molecule has 3 aromatic rings. The van der Waals surface area contributed by atoms with Crippen molar-refractivity contribution in [2.45, 2.75) is 20.0 Å². The topological polar surface area (TPSA) is 106 Å². The van der Waals surface area contributed by atoms with E-state index in [4.69, 9.17) is 4.74 Å². The van der Waals surface area contributed by atoms with Crippen molar-refractivity contribution < 1.29 is 14.6 Å². The van der Waals surface area contributed by atoms with Crippen LogP contribution in [0.25, 0.3) is 22.0 Å². The molecule has 2 N–H and O–H groups in total. The molecule has 3 heterocycles. The van der Waals surface area contributed by atoms with E-state index in [0.717, 1.165) is 10.9 Å². The summed E-state index contributed by atoms with van der Waals surface area (Å²) in [4.78, 5) is 32.7. The van der Waals surface area contributed by atoms with Crippen LogP contribution in [0.15, 0.2) is 35.4 Å². The molecule has 0 unspecified atom stereocenters. The number of anilines is 1. The molecule has 3 aromatic heterocycles. The second-order valence-corrected chi connectivity index (χ2v) is 6.63. The average molecular weight is 382 g/mol. The fourth-order valence-electron chi connectivity index (χ4n) is 3.09. The summed E-state index contributed by atoms with van der Waals surface area (Å²) in [6, 6.07) is 5.18. The van der Waals surface area contributed by atoms with E-state index in [1.165, 1.54) is 18.6 Å². The van der Waals surface area contributed by atoms with Crippen LogP contribution in [0, 0.1) is 6.92 Å². The number of hydrogen-bond donors (Lipinski definition) is 2. The number of pyridine rings is 3. The molecular formula is C20H22N4O4. The second-order valence-electron chi connectivity index (χ2n) is 6.63. The molecule has 0 saturated carbocycles. The van der Waals surface area contributed by atoms with Crippen molar-refractivity contribution in [3.8, 4) is 11.1 Å². The van der Waals surface area contributed by atoms with Gasteiger partial charge in [-0.15, -0.1) is 0 Å². The number of aromatic nitrogens is 3. The van der Waals surface area contributed by atoms with E-state index in [2.05, 4.69) is 15.3 Å². The molecule has 28 heavy (non-hydrogen) atoms. The molecule has 0 bridgehead atoms. The number of aliphatic hydroxyl groups excluding tert-OH is 1. The minimum absolute atomic E-state index is 0.145. The van der Waals surface area contributed by atoms with Crippen LogP contribution in [0.5, 0.6) is 0 Å². The normalized spacial score (nSPS) is 12.2. The largest absolute Gasteiger partial charge is 0.384 e. The number of ether oxygens (including phenoxy) is 1. The minimum atomic E-state index is -0.825. The van der Waals surface area contributed by atoms with Gasteiger partial charge in [0.25, 0.3) is 5.56 Å². The van der Waals surface area contributed by atoms with Gasteiger partial charge in [0.15, 0.2) is 0 Å². The fourth-order valence-corrected chi connectivity index (χ4v) is 3.09. The van der Waals surface area contributed by atoms with E-state index in [1.807, 2.05) is 6.92 Å². The maximum Gasteiger partial charge on any atom is 0.258 e. The number of aliphatic hydroxyl groups is 1. The van der Waals surface area contributed by atoms with Crippen LogP contribution in [0.3, 0.4) is 0 Å². The quantitative estimate of drug-likeness (QED) is 0.698. The lowest BCUT2D eigenvalue weighted by atomic mass is 10.0. The molecule has 0 aromatic carbocycles. The van der Waals surface area contributed by atoms with E-state index in [1.54, 1.807) is 37.6 Å². The molecule has 0 aliphatic heterocycles. The molecule has 0 radical (unpaired) electrons. The zero-order valence-electron chi connectivity index (χ0n) is 16.2. The van der Waals surface area contributed by atoms with Crippen molar-refractivity contribution in [3.63, 3.8) is 0 Å². The van der Waals surface area contributed by atoms with Gasteiger partial charge in [-0.3, -0.25) is 14.6 Å². The second kappa shape index (κ2) is 7.87. The van der Waals surface area contributed by atoms with Crippen molar-refractivity contribution in [1.82, 2.24) is 14.5 Å². The summed E-state index contributed by atoms with van der Waals surface area (Å²) in [5.74, 6) is 0.156. The van der Waals surface area contributed by atoms with Crippen LogP contribution in [-0.4, -0.2) is 39.3 Å². The summed E-state index contributed by atoms with van der Waals surface area (Å²) >= 11 is 0. The summed E-state index contributed by atoms with van der Waals surface area (Å²) in [6.07, 6.45) is 2.38. The van der Waals surface area contributed by atoms with Gasteiger partial charge in [-0.1, -0.05) is 0 Å². The number of hydrogen-bond acceptors (Lipinski definition) is 6. The number of aryl methyl sites for hydroxylation is 2. The van der Waals surface area contributed by atoms with Gasteiger partial charge in [0.1, 0.15) is 11.9 Å². The van der Waals surface area contributed by atoms with Gasteiger partial charge in [-0.2, -0.15) is 0 Å². The van der Waals surface area contributed by atoms with E-state index in [-0.39, 0.29) is 18.1 Å². The summed E-state index contributed by atoms with van der Waals surface area (Å²) in [5, 5.41) is 13.4. The van der Waals surface area contributed by atoms with Gasteiger partial charge >= 0.3 is 0 Å². The van der Waals surface area contributed by atoms with Gasteiger partial charge in [-0.25, -0.2) is 4.98 Å². The predicted octanol–water partition coefficient (Wildman–Crippen LogP) is 1.94. The molecule has 0 aliphatic rings. The van der Waals surface area contributed by atoms with Crippen LogP contribution < -0.4 is 10.9 Å². The molecule has 0 fully saturated rings. The highest BCUT2D eigenvalue weighted by molar-refractivity contribution is 5.91. The first-order valence-electron chi connectivity index (χ1n) is 8.73. The Kier molecular flexibility index (Phi) is 5.53. The summed E-state index contributed by atoms with van der Waals surface area (Å²) < 4.78 is 6.47. The third kappa shape index (κ3) is 3.78. The molecule has 8 nitrogen and oxygen atoms in total. The molecule has 1 atom stereocenters. The third-order valence-electron chi connectivity index (χ3n) is 4.50. The number of nitrogens with one attached hydrogen (secondary N) is 1. The third-order valence-corrected chi connectivity index (χ3v) is 4.50. The molecule has 1 amide bonds. The van der Waals surface area contributed by atoms with Gasteiger partial charge in [0.05, 0.1) is 17.8 Å². The first kappa shape index (κ1) is 19.7. The first-order chi connectivity index (χ1) is 13.3. The van der Waals surface area contributed by atoms with Crippen LogP contribution in [0.2, 0.25) is 0 Å². The van der Waals surface area contributed by atoms with E-state index in [9.17, 15) is 14.7 Å². The monoisotopic (exact) mass is 382 g/mol. The molecule has 3 rings (SSSR count). The zero-order valence-corrected chi connectivity index (χ0v) is 16.2. The lowest BCUT2D eigenvalue weighted by Gasteiger charge is -2.14. The SMILES string of the molecule is COC[C@H](O)c1cc(C)c(-c2cc3cnc(NC(C)=O)cc3n(C)c2=O)cn1. The minimum Gasteiger partial charge on any atom is -0.384 e. The molecule has 0 aliphatic carbocycles. The summed E-state index contributed by atoms with van der Waals surface area (Å²) in [5.41, 5.74) is 2.94. The van der Waals surface area contributed by atoms with E-state index < -0.39 is 6.10 Å².